The number of anilines is 2. The number of nitrogen functional groups attached to an aromatic ring is 2. The molecule has 0 atom stereocenters. The highest BCUT2D eigenvalue weighted by Crippen LogP contribution is 2.32. The molecule has 0 unspecified atom stereocenters. The van der Waals surface area contributed by atoms with Gasteiger partial charge in [-0.25, -0.2) is 9.78 Å². The highest BCUT2D eigenvalue weighted by molar-refractivity contribution is 5.75. The molecule has 3 heterocycles. The molecule has 2 aliphatic heterocycles. The molecule has 10 heteroatoms. The highest BCUT2D eigenvalue weighted by atomic mass is 16.6. The van der Waals surface area contributed by atoms with Gasteiger partial charge in [0.25, 0.3) is 0 Å². The van der Waals surface area contributed by atoms with Gasteiger partial charge in [-0.3, -0.25) is 4.90 Å². The molecular formula is C22H30N8O2. The molecule has 2 fully saturated rings. The topological polar surface area (TPSA) is 126 Å². The minimum atomic E-state index is -0.439. The number of nitrogens with two attached hydrogens (primary N) is 2. The number of pyridine rings is 1. The van der Waals surface area contributed by atoms with Crippen molar-refractivity contribution in [3.63, 3.8) is 0 Å². The second-order valence-electron chi connectivity index (χ2n) is 8.24. The smallest absolute Gasteiger partial charge is 0.406 e. The van der Waals surface area contributed by atoms with E-state index in [1.54, 1.807) is 4.90 Å². The van der Waals surface area contributed by atoms with E-state index in [2.05, 4.69) is 32.1 Å². The number of azo groups is 1. The average Bonchev–Trinajstić information content (AvgIpc) is 2.81. The quantitative estimate of drug-likeness (QED) is 0.703. The van der Waals surface area contributed by atoms with Gasteiger partial charge in [-0.05, 0) is 32.0 Å². The van der Waals surface area contributed by atoms with E-state index in [1.165, 1.54) is 6.07 Å². The lowest BCUT2D eigenvalue weighted by Gasteiger charge is -2.41. The molecule has 32 heavy (non-hydrogen) atoms. The van der Waals surface area contributed by atoms with E-state index in [0.29, 0.717) is 30.5 Å². The van der Waals surface area contributed by atoms with Gasteiger partial charge in [-0.1, -0.05) is 18.2 Å². The van der Waals surface area contributed by atoms with Crippen LogP contribution in [0.25, 0.3) is 0 Å². The second kappa shape index (κ2) is 9.92. The lowest BCUT2D eigenvalue weighted by Crippen LogP contribution is -2.53. The maximum absolute atomic E-state index is 12.7. The maximum Gasteiger partial charge on any atom is 0.415 e. The summed E-state index contributed by atoms with van der Waals surface area (Å²) in [5, 5.41) is 8.27. The fourth-order valence-corrected chi connectivity index (χ4v) is 4.04. The summed E-state index contributed by atoms with van der Waals surface area (Å²) < 4.78 is 5.55. The number of piperazine rings is 1. The van der Waals surface area contributed by atoms with Gasteiger partial charge < -0.3 is 26.0 Å². The van der Waals surface area contributed by atoms with Crippen molar-refractivity contribution in [1.82, 2.24) is 19.7 Å². The van der Waals surface area contributed by atoms with Crippen molar-refractivity contribution in [3.05, 3.63) is 36.4 Å². The summed E-state index contributed by atoms with van der Waals surface area (Å²) in [5.41, 5.74) is 12.8. The Morgan fingerprint density at radius 1 is 1.00 bits per heavy atom. The molecule has 0 aliphatic carbocycles. The monoisotopic (exact) mass is 438 g/mol. The van der Waals surface area contributed by atoms with Crippen LogP contribution in [0.2, 0.25) is 0 Å². The van der Waals surface area contributed by atoms with Crippen molar-refractivity contribution in [3.8, 4) is 5.75 Å². The molecule has 0 saturated carbocycles. The summed E-state index contributed by atoms with van der Waals surface area (Å²) in [5.74, 6) is 0.296. The van der Waals surface area contributed by atoms with E-state index in [1.807, 2.05) is 30.3 Å². The predicted octanol–water partition coefficient (Wildman–Crippen LogP) is 2.87. The number of carbonyl (C=O) groups is 1. The SMILES string of the molecule is CN1CCN(C2CCN(C(=O)Oc3cc(N=Nc4ccccc4)c(N)nc3N)CC2)CC1. The Bertz CT molecular complexity index is 952. The average molecular weight is 439 g/mol. The zero-order chi connectivity index (χ0) is 22.5. The Morgan fingerprint density at radius 2 is 1.69 bits per heavy atom. The van der Waals surface area contributed by atoms with Crippen molar-refractivity contribution < 1.29 is 9.53 Å². The summed E-state index contributed by atoms with van der Waals surface area (Å²) in [6.45, 7) is 5.65. The van der Waals surface area contributed by atoms with Crippen molar-refractivity contribution in [2.24, 2.45) is 10.2 Å². The number of hydrogen-bond donors (Lipinski definition) is 2. The summed E-state index contributed by atoms with van der Waals surface area (Å²) >= 11 is 0. The van der Waals surface area contributed by atoms with Crippen LogP contribution in [0.5, 0.6) is 5.75 Å². The fraction of sp³-hybridized carbons (Fsp3) is 0.455. The molecule has 0 spiro atoms. The van der Waals surface area contributed by atoms with Crippen LogP contribution in [0, 0.1) is 0 Å². The second-order valence-corrected chi connectivity index (χ2v) is 8.24. The molecular weight excluding hydrogens is 408 g/mol. The Kier molecular flexibility index (Phi) is 6.81. The van der Waals surface area contributed by atoms with Gasteiger partial charge in [0, 0.05) is 51.4 Å². The molecule has 1 aromatic heterocycles. The standard InChI is InChI=1S/C22H30N8O2/c1-28-11-13-29(14-12-28)17-7-9-30(10-8-17)22(31)32-19-15-18(20(23)25-21(19)24)27-26-16-5-3-2-4-6-16/h2-6,15,17H,7-14H2,1H3,(H4,23,24,25). The van der Waals surface area contributed by atoms with Crippen LogP contribution in [0.1, 0.15) is 12.8 Å². The fourth-order valence-electron chi connectivity index (χ4n) is 4.04. The largest absolute Gasteiger partial charge is 0.415 e. The van der Waals surface area contributed by atoms with Crippen molar-refractivity contribution >= 4 is 29.1 Å². The van der Waals surface area contributed by atoms with Crippen molar-refractivity contribution in [2.45, 2.75) is 18.9 Å². The van der Waals surface area contributed by atoms with Gasteiger partial charge in [-0.2, -0.15) is 5.11 Å². The first-order valence-corrected chi connectivity index (χ1v) is 10.9. The molecule has 0 radical (unpaired) electrons. The number of nitrogens with zero attached hydrogens (tertiary/aromatic N) is 6. The van der Waals surface area contributed by atoms with Crippen molar-refractivity contribution in [2.75, 3.05) is 57.8 Å². The van der Waals surface area contributed by atoms with Crippen molar-refractivity contribution in [1.29, 1.82) is 0 Å². The van der Waals surface area contributed by atoms with E-state index >= 15 is 0 Å². The lowest BCUT2D eigenvalue weighted by molar-refractivity contribution is 0.0675. The predicted molar refractivity (Wildman–Crippen MR) is 123 cm³/mol. The molecule has 4 rings (SSSR count). The number of aromatic nitrogens is 1. The molecule has 2 aromatic rings. The molecule has 1 aromatic carbocycles. The van der Waals surface area contributed by atoms with Gasteiger partial charge >= 0.3 is 6.09 Å². The normalized spacial score (nSPS) is 18.8. The van der Waals surface area contributed by atoms with Crippen LogP contribution >= 0.6 is 0 Å². The number of carbonyl (C=O) groups excluding carboxylic acids is 1. The molecule has 0 bridgehead atoms. The molecule has 4 N–H and O–H groups in total. The zero-order valence-electron chi connectivity index (χ0n) is 18.4. The Hall–Kier alpha value is -3.24. The summed E-state index contributed by atoms with van der Waals surface area (Å²) in [6, 6.07) is 11.3. The van der Waals surface area contributed by atoms with Crippen LogP contribution in [-0.2, 0) is 0 Å². The number of ether oxygens (including phenoxy) is 1. The third-order valence-electron chi connectivity index (χ3n) is 6.03. The number of hydrogen-bond acceptors (Lipinski definition) is 9. The van der Waals surface area contributed by atoms with E-state index in [-0.39, 0.29) is 17.4 Å². The van der Waals surface area contributed by atoms with Gasteiger partial charge in [0.1, 0.15) is 5.69 Å². The van der Waals surface area contributed by atoms with Gasteiger partial charge in [0.05, 0.1) is 5.69 Å². The molecule has 170 valence electrons. The number of amides is 1. The third kappa shape index (κ3) is 5.32. The Morgan fingerprint density at radius 3 is 2.38 bits per heavy atom. The molecule has 10 nitrogen and oxygen atoms in total. The lowest BCUT2D eigenvalue weighted by atomic mass is 10.0. The zero-order valence-corrected chi connectivity index (χ0v) is 18.4. The highest BCUT2D eigenvalue weighted by Gasteiger charge is 2.29. The van der Waals surface area contributed by atoms with Crippen LogP contribution in [0.15, 0.2) is 46.6 Å². The van der Waals surface area contributed by atoms with E-state index < -0.39 is 6.09 Å². The minimum absolute atomic E-state index is 0.0434. The molecule has 1 amide bonds. The first kappa shape index (κ1) is 22.0. The number of piperidine rings is 1. The van der Waals surface area contributed by atoms with E-state index in [9.17, 15) is 4.79 Å². The number of likely N-dealkylation sites (tertiary alicyclic amines) is 1. The van der Waals surface area contributed by atoms with Crippen LogP contribution in [0.4, 0.5) is 27.8 Å². The van der Waals surface area contributed by atoms with Gasteiger partial charge in [-0.15, -0.1) is 5.11 Å². The summed E-state index contributed by atoms with van der Waals surface area (Å²) in [7, 11) is 2.15. The summed E-state index contributed by atoms with van der Waals surface area (Å²) in [4.78, 5) is 23.4. The summed E-state index contributed by atoms with van der Waals surface area (Å²) in [6.07, 6.45) is 1.43. The minimum Gasteiger partial charge on any atom is -0.406 e. The maximum atomic E-state index is 12.7. The number of rotatable bonds is 4. The first-order chi connectivity index (χ1) is 15.5. The third-order valence-corrected chi connectivity index (χ3v) is 6.03. The van der Waals surface area contributed by atoms with Crippen LogP contribution in [0.3, 0.4) is 0 Å². The number of likely N-dealkylation sites (N-methyl/N-ethyl adjacent to an activating group) is 1. The van der Waals surface area contributed by atoms with Crippen LogP contribution < -0.4 is 16.2 Å². The van der Waals surface area contributed by atoms with Crippen LogP contribution in [-0.4, -0.2) is 78.1 Å². The first-order valence-electron chi connectivity index (χ1n) is 10.9. The molecule has 2 saturated heterocycles. The number of benzene rings is 1. The molecule has 2 aliphatic rings. The van der Waals surface area contributed by atoms with E-state index in [4.69, 9.17) is 16.2 Å². The van der Waals surface area contributed by atoms with E-state index in [0.717, 1.165) is 39.0 Å². The van der Waals surface area contributed by atoms with Gasteiger partial charge in [0.2, 0.25) is 0 Å². The Balaban J connectivity index is 1.36. The Labute approximate surface area is 187 Å². The van der Waals surface area contributed by atoms with Gasteiger partial charge in [0.15, 0.2) is 17.4 Å².